The molecule has 1 amide bonds. The summed E-state index contributed by atoms with van der Waals surface area (Å²) in [5.74, 6) is 0.0462. The van der Waals surface area contributed by atoms with E-state index in [-0.39, 0.29) is 5.91 Å². The number of aromatic nitrogens is 2. The summed E-state index contributed by atoms with van der Waals surface area (Å²) < 4.78 is 1.62. The molecule has 0 radical (unpaired) electrons. The minimum atomic E-state index is 0.0462. The lowest BCUT2D eigenvalue weighted by atomic mass is 9.96. The first kappa shape index (κ1) is 17.1. The summed E-state index contributed by atoms with van der Waals surface area (Å²) in [5, 5.41) is 4.82. The number of hydrogen-bond acceptors (Lipinski definition) is 2. The van der Waals surface area contributed by atoms with Crippen molar-refractivity contribution in [2.75, 3.05) is 7.05 Å². The lowest BCUT2D eigenvalue weighted by Gasteiger charge is -2.29. The monoisotopic (exact) mass is 323 g/mol. The first-order chi connectivity index (χ1) is 10.5. The van der Waals surface area contributed by atoms with Gasteiger partial charge in [-0.15, -0.1) is 0 Å². The molecule has 1 aliphatic carbocycles. The fourth-order valence-electron chi connectivity index (χ4n) is 3.11. The summed E-state index contributed by atoms with van der Waals surface area (Å²) in [6.07, 6.45) is 12.0. The Morgan fingerprint density at radius 1 is 1.27 bits per heavy atom. The van der Waals surface area contributed by atoms with Gasteiger partial charge in [-0.2, -0.15) is 5.10 Å². The van der Waals surface area contributed by atoms with Gasteiger partial charge in [-0.1, -0.05) is 43.7 Å². The maximum Gasteiger partial charge on any atom is 0.246 e. The highest BCUT2D eigenvalue weighted by atomic mass is 35.5. The van der Waals surface area contributed by atoms with E-state index in [0.29, 0.717) is 11.2 Å². The quantitative estimate of drug-likeness (QED) is 0.789. The number of nitrogens with zero attached hydrogens (tertiary/aromatic N) is 3. The van der Waals surface area contributed by atoms with Crippen molar-refractivity contribution in [2.24, 2.45) is 7.05 Å². The second-order valence-corrected chi connectivity index (χ2v) is 6.55. The topological polar surface area (TPSA) is 38.1 Å². The van der Waals surface area contributed by atoms with Gasteiger partial charge in [0.05, 0.1) is 5.69 Å². The largest absolute Gasteiger partial charge is 0.339 e. The molecule has 2 rings (SSSR count). The Balaban J connectivity index is 2.02. The van der Waals surface area contributed by atoms with Crippen LogP contribution in [0.1, 0.15) is 56.2 Å². The third-order valence-electron chi connectivity index (χ3n) is 4.56. The van der Waals surface area contributed by atoms with E-state index in [9.17, 15) is 4.79 Å². The summed E-state index contributed by atoms with van der Waals surface area (Å²) in [5.41, 5.74) is 1.66. The Morgan fingerprint density at radius 3 is 2.41 bits per heavy atom. The van der Waals surface area contributed by atoms with Crippen LogP contribution in [0.25, 0.3) is 6.08 Å². The Hall–Kier alpha value is -1.29. The van der Waals surface area contributed by atoms with E-state index in [4.69, 9.17) is 11.6 Å². The van der Waals surface area contributed by atoms with E-state index >= 15 is 0 Å². The van der Waals surface area contributed by atoms with Gasteiger partial charge in [-0.25, -0.2) is 0 Å². The number of aryl methyl sites for hydroxylation is 2. The molecule has 5 heteroatoms. The summed E-state index contributed by atoms with van der Waals surface area (Å²) in [6, 6.07) is 0.364. The molecule has 4 nitrogen and oxygen atoms in total. The van der Waals surface area contributed by atoms with Gasteiger partial charge < -0.3 is 4.90 Å². The summed E-state index contributed by atoms with van der Waals surface area (Å²) in [6.45, 7) is 1.90. The summed E-state index contributed by atoms with van der Waals surface area (Å²) in [4.78, 5) is 14.3. The molecule has 1 aromatic rings. The van der Waals surface area contributed by atoms with Gasteiger partial charge in [-0.05, 0) is 25.8 Å². The SMILES string of the molecule is Cc1nn(C)c(Cl)c1/C=C\C(=O)N(C)C1CCCCCCC1. The number of rotatable bonds is 3. The lowest BCUT2D eigenvalue weighted by Crippen LogP contribution is -2.36. The fourth-order valence-corrected chi connectivity index (χ4v) is 3.35. The predicted octanol–water partition coefficient (Wildman–Crippen LogP) is 3.97. The second kappa shape index (κ2) is 7.82. The molecule has 1 aliphatic rings. The third-order valence-corrected chi connectivity index (χ3v) is 5.01. The van der Waals surface area contributed by atoms with Crippen molar-refractivity contribution in [3.8, 4) is 0 Å². The van der Waals surface area contributed by atoms with Crippen LogP contribution in [0.3, 0.4) is 0 Å². The molecule has 0 spiro atoms. The van der Waals surface area contributed by atoms with E-state index in [1.54, 1.807) is 23.9 Å². The van der Waals surface area contributed by atoms with Crippen LogP contribution in [0.5, 0.6) is 0 Å². The molecule has 22 heavy (non-hydrogen) atoms. The van der Waals surface area contributed by atoms with Crippen molar-refractivity contribution in [1.82, 2.24) is 14.7 Å². The van der Waals surface area contributed by atoms with Crippen LogP contribution < -0.4 is 0 Å². The molecule has 0 saturated heterocycles. The Bertz CT molecular complexity index is 542. The van der Waals surface area contributed by atoms with Crippen molar-refractivity contribution in [2.45, 2.75) is 57.9 Å². The number of carbonyl (C=O) groups excluding carboxylic acids is 1. The molecule has 1 saturated carbocycles. The highest BCUT2D eigenvalue weighted by Gasteiger charge is 2.19. The molecule has 1 fully saturated rings. The molecule has 0 aliphatic heterocycles. The second-order valence-electron chi connectivity index (χ2n) is 6.19. The maximum atomic E-state index is 12.4. The highest BCUT2D eigenvalue weighted by molar-refractivity contribution is 6.31. The number of amides is 1. The fraction of sp³-hybridized carbons (Fsp3) is 0.647. The first-order valence-electron chi connectivity index (χ1n) is 8.14. The Kier molecular flexibility index (Phi) is 6.07. The van der Waals surface area contributed by atoms with Crippen LogP contribution in [0, 0.1) is 6.92 Å². The molecular formula is C17H26ClN3O. The first-order valence-corrected chi connectivity index (χ1v) is 8.52. The molecule has 0 unspecified atom stereocenters. The van der Waals surface area contributed by atoms with Gasteiger partial charge in [0.1, 0.15) is 5.15 Å². The third kappa shape index (κ3) is 4.13. The molecule has 0 atom stereocenters. The maximum absolute atomic E-state index is 12.4. The van der Waals surface area contributed by atoms with Crippen LogP contribution in [-0.4, -0.2) is 33.7 Å². The molecule has 1 heterocycles. The zero-order valence-electron chi connectivity index (χ0n) is 13.8. The summed E-state index contributed by atoms with van der Waals surface area (Å²) >= 11 is 6.19. The van der Waals surface area contributed by atoms with Crippen molar-refractivity contribution in [3.63, 3.8) is 0 Å². The smallest absolute Gasteiger partial charge is 0.246 e. The molecule has 1 aromatic heterocycles. The van der Waals surface area contributed by atoms with Crippen LogP contribution in [0.2, 0.25) is 5.15 Å². The standard InChI is InChI=1S/C17H26ClN3O/c1-13-15(17(18)21(3)19-13)11-12-16(22)20(2)14-9-7-5-4-6-8-10-14/h11-12,14H,4-10H2,1-3H3/b12-11-. The Labute approximate surface area is 138 Å². The highest BCUT2D eigenvalue weighted by Crippen LogP contribution is 2.22. The normalized spacial score (nSPS) is 17.5. The van der Waals surface area contributed by atoms with Gasteiger partial charge in [0, 0.05) is 31.8 Å². The van der Waals surface area contributed by atoms with Crippen LogP contribution in [0.15, 0.2) is 6.08 Å². The zero-order chi connectivity index (χ0) is 16.1. The van der Waals surface area contributed by atoms with E-state index in [2.05, 4.69) is 5.10 Å². The van der Waals surface area contributed by atoms with Crippen molar-refractivity contribution >= 4 is 23.6 Å². The van der Waals surface area contributed by atoms with E-state index in [1.165, 1.54) is 32.1 Å². The van der Waals surface area contributed by atoms with Crippen LogP contribution in [0.4, 0.5) is 0 Å². The van der Waals surface area contributed by atoms with Crippen molar-refractivity contribution in [3.05, 3.63) is 22.5 Å². The van der Waals surface area contributed by atoms with Crippen molar-refractivity contribution < 1.29 is 4.79 Å². The number of carbonyl (C=O) groups is 1. The summed E-state index contributed by atoms with van der Waals surface area (Å²) in [7, 11) is 3.71. The van der Waals surface area contributed by atoms with Gasteiger partial charge >= 0.3 is 0 Å². The van der Waals surface area contributed by atoms with Crippen LogP contribution >= 0.6 is 11.6 Å². The number of hydrogen-bond donors (Lipinski definition) is 0. The van der Waals surface area contributed by atoms with Gasteiger partial charge in [-0.3, -0.25) is 9.48 Å². The average molecular weight is 324 g/mol. The van der Waals surface area contributed by atoms with Crippen LogP contribution in [-0.2, 0) is 11.8 Å². The van der Waals surface area contributed by atoms with E-state index in [0.717, 1.165) is 24.1 Å². The molecule has 0 N–H and O–H groups in total. The number of likely N-dealkylation sites (N-methyl/N-ethyl adjacent to an activating group) is 1. The molecule has 0 bridgehead atoms. The average Bonchev–Trinajstić information content (AvgIpc) is 2.69. The van der Waals surface area contributed by atoms with Gasteiger partial charge in [0.15, 0.2) is 0 Å². The molecule has 0 aromatic carbocycles. The van der Waals surface area contributed by atoms with E-state index < -0.39 is 0 Å². The number of halogens is 1. The zero-order valence-corrected chi connectivity index (χ0v) is 14.6. The predicted molar refractivity (Wildman–Crippen MR) is 90.9 cm³/mol. The molecular weight excluding hydrogens is 298 g/mol. The molecule has 122 valence electrons. The van der Waals surface area contributed by atoms with Gasteiger partial charge in [0.2, 0.25) is 5.91 Å². The minimum Gasteiger partial charge on any atom is -0.339 e. The van der Waals surface area contributed by atoms with E-state index in [1.807, 2.05) is 18.9 Å². The van der Waals surface area contributed by atoms with Crippen molar-refractivity contribution in [1.29, 1.82) is 0 Å². The lowest BCUT2D eigenvalue weighted by molar-refractivity contribution is -0.127. The minimum absolute atomic E-state index is 0.0462. The Morgan fingerprint density at radius 2 is 1.86 bits per heavy atom. The van der Waals surface area contributed by atoms with Gasteiger partial charge in [0.25, 0.3) is 0 Å².